The van der Waals surface area contributed by atoms with Gasteiger partial charge in [-0.3, -0.25) is 0 Å². The fourth-order valence-electron chi connectivity index (χ4n) is 7.25. The Morgan fingerprint density at radius 1 is 0.318 bits per heavy atom. The summed E-state index contributed by atoms with van der Waals surface area (Å²) in [7, 11) is -1.47. The second-order valence-corrected chi connectivity index (χ2v) is 18.1. The first-order chi connectivity index (χ1) is 32.3. The van der Waals surface area contributed by atoms with Gasteiger partial charge in [0.1, 0.15) is 0 Å². The molecule has 320 valence electrons. The van der Waals surface area contributed by atoms with E-state index in [1.54, 1.807) is 12.1 Å². The molecule has 2 aromatic heterocycles. The summed E-state index contributed by atoms with van der Waals surface area (Å²) in [6.07, 6.45) is 0. The zero-order valence-corrected chi connectivity index (χ0v) is 40.9. The maximum absolute atomic E-state index is 9.31. The Hall–Kier alpha value is -6.27. The van der Waals surface area contributed by atoms with Gasteiger partial charge in [0.05, 0.1) is 22.8 Å². The highest BCUT2D eigenvalue weighted by Gasteiger charge is 2.13. The van der Waals surface area contributed by atoms with E-state index in [0.717, 1.165) is 60.6 Å². The van der Waals surface area contributed by atoms with Crippen LogP contribution in [0, 0.1) is 3.57 Å². The molecule has 2 heterocycles. The molecule has 0 unspecified atom stereocenters. The van der Waals surface area contributed by atoms with E-state index in [1.807, 2.05) is 97.1 Å². The molecule has 0 amide bonds. The number of pyridine rings is 2. The molecule has 0 saturated carbocycles. The van der Waals surface area contributed by atoms with Crippen molar-refractivity contribution in [3.8, 4) is 78.4 Å². The average Bonchev–Trinajstić information content (AvgIpc) is 3.38. The van der Waals surface area contributed by atoms with Crippen molar-refractivity contribution in [1.29, 1.82) is 0 Å². The van der Waals surface area contributed by atoms with Gasteiger partial charge in [0.2, 0.25) is 0 Å². The summed E-state index contributed by atoms with van der Waals surface area (Å²) in [6.45, 7) is 0. The second kappa shape index (κ2) is 22.8. The molecule has 2 N–H and O–H groups in total. The molecule has 0 bridgehead atoms. The lowest BCUT2D eigenvalue weighted by atomic mass is 9.80. The highest BCUT2D eigenvalue weighted by molar-refractivity contribution is 14.1. The smallest absolute Gasteiger partial charge is 0.423 e. The molecule has 0 aliphatic heterocycles. The molecule has 8 heteroatoms. The van der Waals surface area contributed by atoms with Crippen molar-refractivity contribution in [2.75, 3.05) is 0 Å². The third-order valence-electron chi connectivity index (χ3n) is 10.7. The molecule has 0 radical (unpaired) electrons. The maximum atomic E-state index is 9.31. The van der Waals surface area contributed by atoms with Crippen LogP contribution in [0.1, 0.15) is 0 Å². The molecule has 0 aliphatic rings. The van der Waals surface area contributed by atoms with Crippen LogP contribution in [0.25, 0.3) is 78.4 Å². The van der Waals surface area contributed by atoms with Crippen LogP contribution in [0.15, 0.2) is 252 Å². The molecule has 0 aliphatic carbocycles. The average molecular weight is 1100 g/mol. The van der Waals surface area contributed by atoms with Crippen molar-refractivity contribution < 1.29 is 10.0 Å². The summed E-state index contributed by atoms with van der Waals surface area (Å²) < 4.78 is 3.52. The molecule has 0 saturated heterocycles. The van der Waals surface area contributed by atoms with Crippen molar-refractivity contribution in [3.05, 3.63) is 255 Å². The fraction of sp³-hybridized carbons (Fsp3) is 0. The van der Waals surface area contributed by atoms with E-state index in [2.05, 4.69) is 188 Å². The minimum absolute atomic E-state index is 0.459. The van der Waals surface area contributed by atoms with Gasteiger partial charge in [-0.05, 0) is 120 Å². The van der Waals surface area contributed by atoms with E-state index < -0.39 is 7.12 Å². The summed E-state index contributed by atoms with van der Waals surface area (Å²) in [5.41, 5.74) is 15.3. The minimum Gasteiger partial charge on any atom is -0.423 e. The predicted octanol–water partition coefficient (Wildman–Crippen LogP) is 15.3. The number of hydrogen-bond acceptors (Lipinski definition) is 4. The Labute approximate surface area is 417 Å². The third kappa shape index (κ3) is 12.1. The van der Waals surface area contributed by atoms with Crippen LogP contribution in [0.4, 0.5) is 0 Å². The van der Waals surface area contributed by atoms with Crippen molar-refractivity contribution in [1.82, 2.24) is 9.97 Å². The molecule has 8 aromatic carbocycles. The van der Waals surface area contributed by atoms with Crippen molar-refractivity contribution in [3.63, 3.8) is 0 Å². The normalized spacial score (nSPS) is 10.5. The number of rotatable bonds is 8. The summed E-state index contributed by atoms with van der Waals surface area (Å²) >= 11 is 9.32. The summed E-state index contributed by atoms with van der Waals surface area (Å²) in [6, 6.07) is 81.8. The number of aromatic nitrogens is 2. The molecule has 10 rings (SSSR count). The van der Waals surface area contributed by atoms with E-state index in [1.165, 1.54) is 30.3 Å². The number of benzene rings is 8. The first-order valence-corrected chi connectivity index (χ1v) is 23.9. The first-order valence-electron chi connectivity index (χ1n) is 21.3. The van der Waals surface area contributed by atoms with Gasteiger partial charge in [-0.15, -0.1) is 0 Å². The van der Waals surface area contributed by atoms with Crippen LogP contribution in [-0.2, 0) is 0 Å². The highest BCUT2D eigenvalue weighted by atomic mass is 127. The van der Waals surface area contributed by atoms with Gasteiger partial charge >= 0.3 is 7.12 Å². The SMILES string of the molecule is Brc1ccccc1-c1ccc(-c2cc(-c3ccccc3)cc(-c3ccccc3)n2)cc1.Brc1ccccc1I.OB(O)c1ccc(-c2cc(-c3ccccc3)cc(-c3ccccc3)n2)cc1. The topological polar surface area (TPSA) is 66.2 Å². The van der Waals surface area contributed by atoms with Gasteiger partial charge in [-0.25, -0.2) is 9.97 Å². The van der Waals surface area contributed by atoms with E-state index in [9.17, 15) is 10.0 Å². The van der Waals surface area contributed by atoms with Gasteiger partial charge in [-0.2, -0.15) is 0 Å². The minimum atomic E-state index is -1.47. The molecular weight excluding hydrogens is 1050 g/mol. The van der Waals surface area contributed by atoms with E-state index in [-0.39, 0.29) is 0 Å². The summed E-state index contributed by atoms with van der Waals surface area (Å²) in [5.74, 6) is 0. The molecule has 4 nitrogen and oxygen atoms in total. The zero-order valence-electron chi connectivity index (χ0n) is 35.6. The second-order valence-electron chi connectivity index (χ2n) is 15.2. The summed E-state index contributed by atoms with van der Waals surface area (Å²) in [4.78, 5) is 9.86. The van der Waals surface area contributed by atoms with E-state index in [4.69, 9.17) is 9.97 Å². The van der Waals surface area contributed by atoms with Crippen LogP contribution >= 0.6 is 54.5 Å². The molecule has 10 aromatic rings. The molecule has 0 fully saturated rings. The van der Waals surface area contributed by atoms with Crippen molar-refractivity contribution in [2.24, 2.45) is 0 Å². The van der Waals surface area contributed by atoms with Crippen molar-refractivity contribution in [2.45, 2.75) is 0 Å². The van der Waals surface area contributed by atoms with E-state index >= 15 is 0 Å². The van der Waals surface area contributed by atoms with Gasteiger partial charge in [0, 0.05) is 34.8 Å². The predicted molar refractivity (Wildman–Crippen MR) is 291 cm³/mol. The van der Waals surface area contributed by atoms with E-state index in [0.29, 0.717) is 5.46 Å². The van der Waals surface area contributed by atoms with Gasteiger partial charge in [0.25, 0.3) is 0 Å². The Balaban J connectivity index is 0.000000155. The van der Waals surface area contributed by atoms with Gasteiger partial charge < -0.3 is 10.0 Å². The summed E-state index contributed by atoms with van der Waals surface area (Å²) in [5, 5.41) is 18.6. The number of hydrogen-bond donors (Lipinski definition) is 2. The lowest BCUT2D eigenvalue weighted by Crippen LogP contribution is -2.29. The third-order valence-corrected chi connectivity index (χ3v) is 13.8. The van der Waals surface area contributed by atoms with Crippen LogP contribution in [0.3, 0.4) is 0 Å². The lowest BCUT2D eigenvalue weighted by Gasteiger charge is -2.11. The first kappa shape index (κ1) is 46.3. The molecular formula is C58H42BBr2IN2O2. The van der Waals surface area contributed by atoms with Crippen molar-refractivity contribution >= 4 is 67.0 Å². The molecule has 66 heavy (non-hydrogen) atoms. The quantitative estimate of drug-likeness (QED) is 0.118. The Morgan fingerprint density at radius 3 is 1.00 bits per heavy atom. The fourth-order valence-corrected chi connectivity index (χ4v) is 8.43. The van der Waals surface area contributed by atoms with Crippen LogP contribution < -0.4 is 5.46 Å². The maximum Gasteiger partial charge on any atom is 0.488 e. The number of halogens is 3. The van der Waals surface area contributed by atoms with Gasteiger partial charge in [0.15, 0.2) is 0 Å². The van der Waals surface area contributed by atoms with Crippen LogP contribution in [0.2, 0.25) is 0 Å². The standard InChI is InChI=1S/C29H20BrN.C23H18BNO2.C6H4BrI/c30-27-14-8-7-13-26(27)22-15-17-24(18-16-22)29-20-25(21-9-3-1-4-10-21)19-28(31-29)23-11-5-2-6-12-23;26-24(27)21-13-11-19(12-14-21)23-16-20(17-7-3-1-4-8-17)15-22(25-23)18-9-5-2-6-10-18;7-5-3-1-2-4-6(5)8/h1-20H;1-16,26-27H;1-4H. The Bertz CT molecular complexity index is 2990. The largest absolute Gasteiger partial charge is 0.488 e. The Morgan fingerprint density at radius 2 is 0.636 bits per heavy atom. The monoisotopic (exact) mass is 1090 g/mol. The lowest BCUT2D eigenvalue weighted by molar-refractivity contribution is 0.426. The molecule has 0 atom stereocenters. The van der Waals surface area contributed by atoms with Crippen LogP contribution in [-0.4, -0.2) is 27.1 Å². The number of nitrogens with zero attached hydrogens (tertiary/aromatic N) is 2. The zero-order chi connectivity index (χ0) is 45.7. The molecule has 0 spiro atoms. The highest BCUT2D eigenvalue weighted by Crippen LogP contribution is 2.34. The Kier molecular flexibility index (Phi) is 16.0. The van der Waals surface area contributed by atoms with Gasteiger partial charge in [-0.1, -0.05) is 216 Å². The van der Waals surface area contributed by atoms with Crippen LogP contribution in [0.5, 0.6) is 0 Å².